The molecule has 0 radical (unpaired) electrons. The summed E-state index contributed by atoms with van der Waals surface area (Å²) < 4.78 is 1.83. The number of piperidine rings is 1. The standard InChI is InChI=1S/C22H24N8/c1-15-5-6-17(13-23-15)19-4-3-9-30-21(19)27-22(28-30)26-18-7-10-29(11-8-18)20-12-16(2)24-14-25-20/h3-6,9,12-14,18H,7-8,10-11H2,1-2H3,(H,26,28). The number of hydrogen-bond acceptors (Lipinski definition) is 7. The molecule has 1 N–H and O–H groups in total. The minimum absolute atomic E-state index is 0.339. The molecular formula is C22H24N8. The number of nitrogens with zero attached hydrogens (tertiary/aromatic N) is 7. The Morgan fingerprint density at radius 3 is 2.63 bits per heavy atom. The van der Waals surface area contributed by atoms with Crippen molar-refractivity contribution in [1.29, 1.82) is 0 Å². The van der Waals surface area contributed by atoms with Crippen LogP contribution in [0, 0.1) is 13.8 Å². The number of fused-ring (bicyclic) bond motifs is 1. The Morgan fingerprint density at radius 2 is 1.87 bits per heavy atom. The summed E-state index contributed by atoms with van der Waals surface area (Å²) >= 11 is 0. The number of hydrogen-bond donors (Lipinski definition) is 1. The van der Waals surface area contributed by atoms with Crippen LogP contribution in [0.15, 0.2) is 49.1 Å². The van der Waals surface area contributed by atoms with Crippen LogP contribution in [0.25, 0.3) is 16.8 Å². The van der Waals surface area contributed by atoms with Crippen molar-refractivity contribution in [3.63, 3.8) is 0 Å². The van der Waals surface area contributed by atoms with Crippen LogP contribution in [-0.2, 0) is 0 Å². The van der Waals surface area contributed by atoms with Gasteiger partial charge in [0.15, 0.2) is 5.65 Å². The van der Waals surface area contributed by atoms with E-state index >= 15 is 0 Å². The summed E-state index contributed by atoms with van der Waals surface area (Å²) in [6.45, 7) is 5.87. The highest BCUT2D eigenvalue weighted by molar-refractivity contribution is 5.77. The molecule has 0 atom stereocenters. The third-order valence-corrected chi connectivity index (χ3v) is 5.53. The van der Waals surface area contributed by atoms with Gasteiger partial charge in [-0.05, 0) is 44.9 Å². The predicted octanol–water partition coefficient (Wildman–Crippen LogP) is 3.28. The highest BCUT2D eigenvalue weighted by Crippen LogP contribution is 2.25. The van der Waals surface area contributed by atoms with E-state index in [2.05, 4.69) is 42.4 Å². The summed E-state index contributed by atoms with van der Waals surface area (Å²) in [4.78, 5) is 20.1. The number of anilines is 2. The van der Waals surface area contributed by atoms with E-state index in [0.717, 1.165) is 59.9 Å². The molecule has 1 aliphatic rings. The summed E-state index contributed by atoms with van der Waals surface area (Å²) in [5, 5.41) is 8.16. The van der Waals surface area contributed by atoms with Crippen LogP contribution in [0.3, 0.4) is 0 Å². The Kier molecular flexibility index (Phi) is 4.74. The van der Waals surface area contributed by atoms with Gasteiger partial charge in [-0.3, -0.25) is 4.98 Å². The lowest BCUT2D eigenvalue weighted by Gasteiger charge is -2.32. The monoisotopic (exact) mass is 400 g/mol. The predicted molar refractivity (Wildman–Crippen MR) is 117 cm³/mol. The Morgan fingerprint density at radius 1 is 1.00 bits per heavy atom. The first-order valence-electron chi connectivity index (χ1n) is 10.2. The summed E-state index contributed by atoms with van der Waals surface area (Å²) in [5.74, 6) is 1.67. The van der Waals surface area contributed by atoms with Crippen LogP contribution in [0.5, 0.6) is 0 Å². The Labute approximate surface area is 175 Å². The summed E-state index contributed by atoms with van der Waals surface area (Å²) in [7, 11) is 0. The fraction of sp³-hybridized carbons (Fsp3) is 0.318. The Hall–Kier alpha value is -3.55. The molecule has 30 heavy (non-hydrogen) atoms. The highest BCUT2D eigenvalue weighted by Gasteiger charge is 2.21. The highest BCUT2D eigenvalue weighted by atomic mass is 15.4. The van der Waals surface area contributed by atoms with E-state index in [-0.39, 0.29) is 0 Å². The first-order valence-corrected chi connectivity index (χ1v) is 10.2. The molecule has 5 heterocycles. The molecule has 0 saturated carbocycles. The first kappa shape index (κ1) is 18.5. The smallest absolute Gasteiger partial charge is 0.243 e. The molecule has 8 heteroatoms. The zero-order valence-electron chi connectivity index (χ0n) is 17.2. The Bertz CT molecular complexity index is 1160. The molecule has 8 nitrogen and oxygen atoms in total. The van der Waals surface area contributed by atoms with Crippen LogP contribution < -0.4 is 10.2 Å². The second-order valence-electron chi connectivity index (χ2n) is 7.74. The van der Waals surface area contributed by atoms with Crippen LogP contribution in [-0.4, -0.2) is 48.7 Å². The van der Waals surface area contributed by atoms with Gasteiger partial charge in [0.2, 0.25) is 5.95 Å². The molecule has 0 unspecified atom stereocenters. The van der Waals surface area contributed by atoms with Crippen molar-refractivity contribution in [3.8, 4) is 11.1 Å². The largest absolute Gasteiger partial charge is 0.356 e. The number of aryl methyl sites for hydroxylation is 2. The average molecular weight is 400 g/mol. The Balaban J connectivity index is 1.31. The molecule has 5 rings (SSSR count). The third-order valence-electron chi connectivity index (χ3n) is 5.53. The molecule has 4 aromatic heterocycles. The molecular weight excluding hydrogens is 376 g/mol. The molecule has 4 aromatic rings. The van der Waals surface area contributed by atoms with Gasteiger partial charge in [0, 0.05) is 60.1 Å². The number of aromatic nitrogens is 6. The molecule has 0 aliphatic carbocycles. The van der Waals surface area contributed by atoms with Crippen molar-refractivity contribution in [3.05, 3.63) is 60.4 Å². The first-order chi connectivity index (χ1) is 14.7. The fourth-order valence-electron chi connectivity index (χ4n) is 3.87. The van der Waals surface area contributed by atoms with Crippen molar-refractivity contribution >= 4 is 17.4 Å². The summed E-state index contributed by atoms with van der Waals surface area (Å²) in [6.07, 6.45) is 7.47. The molecule has 0 bridgehead atoms. The second kappa shape index (κ2) is 7.70. The van der Waals surface area contributed by atoms with Crippen LogP contribution in [0.1, 0.15) is 24.2 Å². The van der Waals surface area contributed by atoms with E-state index in [1.165, 1.54) is 0 Å². The molecule has 1 fully saturated rings. The summed E-state index contributed by atoms with van der Waals surface area (Å²) in [5.41, 5.74) is 4.89. The SMILES string of the molecule is Cc1ccc(-c2cccn3nc(NC4CCN(c5cc(C)ncn5)CC4)nc23)cn1. The van der Waals surface area contributed by atoms with E-state index < -0.39 is 0 Å². The summed E-state index contributed by atoms with van der Waals surface area (Å²) in [6, 6.07) is 10.5. The molecule has 152 valence electrons. The van der Waals surface area contributed by atoms with E-state index in [4.69, 9.17) is 4.98 Å². The third kappa shape index (κ3) is 3.68. The normalized spacial score (nSPS) is 14.9. The van der Waals surface area contributed by atoms with Gasteiger partial charge in [0.1, 0.15) is 12.1 Å². The van der Waals surface area contributed by atoms with Gasteiger partial charge in [0.25, 0.3) is 0 Å². The maximum absolute atomic E-state index is 4.77. The zero-order chi connectivity index (χ0) is 20.5. The lowest BCUT2D eigenvalue weighted by atomic mass is 10.1. The van der Waals surface area contributed by atoms with Gasteiger partial charge in [0.05, 0.1) is 0 Å². The minimum Gasteiger partial charge on any atom is -0.356 e. The van der Waals surface area contributed by atoms with Gasteiger partial charge >= 0.3 is 0 Å². The molecule has 0 spiro atoms. The number of rotatable bonds is 4. The average Bonchev–Trinajstić information content (AvgIpc) is 3.17. The van der Waals surface area contributed by atoms with Crippen LogP contribution in [0.4, 0.5) is 11.8 Å². The maximum Gasteiger partial charge on any atom is 0.243 e. The zero-order valence-corrected chi connectivity index (χ0v) is 17.2. The van der Waals surface area contributed by atoms with Crippen molar-refractivity contribution in [2.75, 3.05) is 23.3 Å². The van der Waals surface area contributed by atoms with E-state index in [1.807, 2.05) is 49.0 Å². The molecule has 1 saturated heterocycles. The quantitative estimate of drug-likeness (QED) is 0.563. The molecule has 0 amide bonds. The van der Waals surface area contributed by atoms with Gasteiger partial charge in [-0.1, -0.05) is 6.07 Å². The lowest BCUT2D eigenvalue weighted by molar-refractivity contribution is 0.520. The van der Waals surface area contributed by atoms with Gasteiger partial charge in [-0.25, -0.2) is 14.5 Å². The van der Waals surface area contributed by atoms with Gasteiger partial charge in [-0.15, -0.1) is 5.10 Å². The molecule has 0 aromatic carbocycles. The second-order valence-corrected chi connectivity index (χ2v) is 7.74. The minimum atomic E-state index is 0.339. The maximum atomic E-state index is 4.77. The van der Waals surface area contributed by atoms with Crippen molar-refractivity contribution in [1.82, 2.24) is 29.5 Å². The van der Waals surface area contributed by atoms with Gasteiger partial charge in [-0.2, -0.15) is 4.98 Å². The van der Waals surface area contributed by atoms with E-state index in [0.29, 0.717) is 12.0 Å². The van der Waals surface area contributed by atoms with Crippen LogP contribution in [0.2, 0.25) is 0 Å². The topological polar surface area (TPSA) is 84.1 Å². The van der Waals surface area contributed by atoms with Crippen LogP contribution >= 0.6 is 0 Å². The van der Waals surface area contributed by atoms with Crippen molar-refractivity contribution in [2.24, 2.45) is 0 Å². The number of nitrogens with one attached hydrogen (secondary N) is 1. The lowest BCUT2D eigenvalue weighted by Crippen LogP contribution is -2.39. The molecule has 1 aliphatic heterocycles. The van der Waals surface area contributed by atoms with E-state index in [1.54, 1.807) is 6.33 Å². The fourth-order valence-corrected chi connectivity index (χ4v) is 3.87. The van der Waals surface area contributed by atoms with Crippen molar-refractivity contribution in [2.45, 2.75) is 32.7 Å². The van der Waals surface area contributed by atoms with Gasteiger partial charge < -0.3 is 10.2 Å². The number of pyridine rings is 2. The van der Waals surface area contributed by atoms with Crippen molar-refractivity contribution < 1.29 is 0 Å². The van der Waals surface area contributed by atoms with E-state index in [9.17, 15) is 0 Å².